The van der Waals surface area contributed by atoms with Crippen molar-refractivity contribution < 1.29 is 14.3 Å². The van der Waals surface area contributed by atoms with Crippen LogP contribution in [0.15, 0.2) is 0 Å². The van der Waals surface area contributed by atoms with Crippen molar-refractivity contribution in [3.63, 3.8) is 0 Å². The van der Waals surface area contributed by atoms with E-state index in [2.05, 4.69) is 0 Å². The zero-order chi connectivity index (χ0) is 6.69. The minimum absolute atomic E-state index is 0.140. The van der Waals surface area contributed by atoms with Crippen LogP contribution in [0.3, 0.4) is 0 Å². The molecule has 1 saturated heterocycles. The van der Waals surface area contributed by atoms with E-state index < -0.39 is 0 Å². The highest BCUT2D eigenvalue weighted by molar-refractivity contribution is 5.56. The summed E-state index contributed by atoms with van der Waals surface area (Å²) in [7, 11) is 0. The van der Waals surface area contributed by atoms with Crippen LogP contribution in [0.2, 0.25) is 0 Å². The standard InChI is InChI=1S/C6H10O3/c1-5-3-9-6(2-7)4-8-5/h2,5-6H,3-4H2,1H3/t5-,6+/m0/s1. The molecule has 0 radical (unpaired) electrons. The van der Waals surface area contributed by atoms with Gasteiger partial charge in [-0.1, -0.05) is 0 Å². The first kappa shape index (κ1) is 6.71. The fourth-order valence-electron chi connectivity index (χ4n) is 0.693. The first-order valence-corrected chi connectivity index (χ1v) is 3.01. The SMILES string of the molecule is C[C@H]1CO[C@H](C=O)CO1. The summed E-state index contributed by atoms with van der Waals surface area (Å²) in [6.07, 6.45) is 0.577. The van der Waals surface area contributed by atoms with Gasteiger partial charge in [0.25, 0.3) is 0 Å². The Morgan fingerprint density at radius 1 is 1.44 bits per heavy atom. The third kappa shape index (κ3) is 1.77. The van der Waals surface area contributed by atoms with E-state index in [0.29, 0.717) is 13.2 Å². The number of hydrogen-bond acceptors (Lipinski definition) is 3. The van der Waals surface area contributed by atoms with Crippen LogP contribution in [0.5, 0.6) is 0 Å². The quantitative estimate of drug-likeness (QED) is 0.468. The highest BCUT2D eigenvalue weighted by atomic mass is 16.6. The van der Waals surface area contributed by atoms with Crippen molar-refractivity contribution in [2.75, 3.05) is 13.2 Å². The second-order valence-electron chi connectivity index (χ2n) is 2.15. The Kier molecular flexibility index (Phi) is 2.19. The Morgan fingerprint density at radius 3 is 2.67 bits per heavy atom. The zero-order valence-electron chi connectivity index (χ0n) is 5.37. The molecule has 0 aliphatic carbocycles. The topological polar surface area (TPSA) is 35.5 Å². The van der Waals surface area contributed by atoms with Crippen molar-refractivity contribution in [3.05, 3.63) is 0 Å². The van der Waals surface area contributed by atoms with E-state index in [1.165, 1.54) is 0 Å². The lowest BCUT2D eigenvalue weighted by atomic mass is 10.3. The second-order valence-corrected chi connectivity index (χ2v) is 2.15. The maximum absolute atomic E-state index is 10.1. The second kappa shape index (κ2) is 2.94. The van der Waals surface area contributed by atoms with Crippen molar-refractivity contribution in [2.45, 2.75) is 19.1 Å². The molecule has 9 heavy (non-hydrogen) atoms. The molecule has 3 heteroatoms. The van der Waals surface area contributed by atoms with E-state index in [1.54, 1.807) is 0 Å². The molecule has 1 rings (SSSR count). The molecule has 3 nitrogen and oxygen atoms in total. The Balaban J connectivity index is 2.26. The predicted molar refractivity (Wildman–Crippen MR) is 31.2 cm³/mol. The maximum atomic E-state index is 10.1. The largest absolute Gasteiger partial charge is 0.373 e. The molecule has 1 aliphatic heterocycles. The summed E-state index contributed by atoms with van der Waals surface area (Å²) in [6.45, 7) is 2.86. The van der Waals surface area contributed by atoms with E-state index in [0.717, 1.165) is 6.29 Å². The number of carbonyl (C=O) groups excluding carboxylic acids is 1. The average molecular weight is 130 g/mol. The summed E-state index contributed by atoms with van der Waals surface area (Å²) >= 11 is 0. The van der Waals surface area contributed by atoms with Crippen LogP contribution in [0.4, 0.5) is 0 Å². The number of hydrogen-bond donors (Lipinski definition) is 0. The summed E-state index contributed by atoms with van der Waals surface area (Å²) in [5.41, 5.74) is 0. The number of carbonyl (C=O) groups is 1. The van der Waals surface area contributed by atoms with E-state index in [-0.39, 0.29) is 12.2 Å². The van der Waals surface area contributed by atoms with E-state index in [9.17, 15) is 4.79 Å². The lowest BCUT2D eigenvalue weighted by Gasteiger charge is -2.23. The molecule has 2 atom stereocenters. The van der Waals surface area contributed by atoms with Gasteiger partial charge in [-0.2, -0.15) is 0 Å². The van der Waals surface area contributed by atoms with Gasteiger partial charge < -0.3 is 14.3 Å². The number of ether oxygens (including phenoxy) is 2. The fraction of sp³-hybridized carbons (Fsp3) is 0.833. The monoisotopic (exact) mass is 130 g/mol. The van der Waals surface area contributed by atoms with Crippen LogP contribution >= 0.6 is 0 Å². The number of rotatable bonds is 1. The van der Waals surface area contributed by atoms with Crippen LogP contribution in [0.1, 0.15) is 6.92 Å². The van der Waals surface area contributed by atoms with Gasteiger partial charge in [0, 0.05) is 0 Å². The molecule has 0 aromatic carbocycles. The number of aldehydes is 1. The molecule has 1 fully saturated rings. The van der Waals surface area contributed by atoms with Gasteiger partial charge in [-0.25, -0.2) is 0 Å². The van der Waals surface area contributed by atoms with Gasteiger partial charge in [0.2, 0.25) is 0 Å². The molecule has 1 aliphatic rings. The molecule has 0 aromatic heterocycles. The van der Waals surface area contributed by atoms with Crippen molar-refractivity contribution in [1.29, 1.82) is 0 Å². The van der Waals surface area contributed by atoms with E-state index in [1.807, 2.05) is 6.92 Å². The minimum Gasteiger partial charge on any atom is -0.373 e. The summed E-state index contributed by atoms with van der Waals surface area (Å²) in [6, 6.07) is 0. The first-order valence-electron chi connectivity index (χ1n) is 3.01. The molecule has 0 N–H and O–H groups in total. The molecule has 0 saturated carbocycles. The van der Waals surface area contributed by atoms with Crippen LogP contribution in [0, 0.1) is 0 Å². The van der Waals surface area contributed by atoms with Gasteiger partial charge in [0.1, 0.15) is 6.10 Å². The Bertz CT molecular complexity index is 94.5. The fourth-order valence-corrected chi connectivity index (χ4v) is 0.693. The summed E-state index contributed by atoms with van der Waals surface area (Å²) in [5.74, 6) is 0. The van der Waals surface area contributed by atoms with Gasteiger partial charge in [-0.05, 0) is 6.92 Å². The lowest BCUT2D eigenvalue weighted by molar-refractivity contribution is -0.145. The van der Waals surface area contributed by atoms with Crippen molar-refractivity contribution in [3.8, 4) is 0 Å². The summed E-state index contributed by atoms with van der Waals surface area (Å²) in [5, 5.41) is 0. The lowest BCUT2D eigenvalue weighted by Crippen LogP contribution is -2.34. The average Bonchev–Trinajstić information content (AvgIpc) is 1.90. The van der Waals surface area contributed by atoms with Crippen molar-refractivity contribution in [1.82, 2.24) is 0 Å². The molecule has 0 aromatic rings. The molecule has 1 heterocycles. The normalized spacial score (nSPS) is 36.1. The van der Waals surface area contributed by atoms with Crippen molar-refractivity contribution in [2.24, 2.45) is 0 Å². The smallest absolute Gasteiger partial charge is 0.151 e. The molecule has 0 unspecified atom stereocenters. The van der Waals surface area contributed by atoms with Crippen LogP contribution < -0.4 is 0 Å². The van der Waals surface area contributed by atoms with Gasteiger partial charge >= 0.3 is 0 Å². The molecule has 0 amide bonds. The third-order valence-corrected chi connectivity index (χ3v) is 1.24. The first-order chi connectivity index (χ1) is 4.33. The van der Waals surface area contributed by atoms with Crippen molar-refractivity contribution >= 4 is 6.29 Å². The van der Waals surface area contributed by atoms with Gasteiger partial charge in [0.05, 0.1) is 19.3 Å². The highest BCUT2D eigenvalue weighted by Gasteiger charge is 2.17. The molecule has 0 bridgehead atoms. The molecular weight excluding hydrogens is 120 g/mol. The Morgan fingerprint density at radius 2 is 2.22 bits per heavy atom. The van der Waals surface area contributed by atoms with E-state index in [4.69, 9.17) is 9.47 Å². The maximum Gasteiger partial charge on any atom is 0.151 e. The van der Waals surface area contributed by atoms with Gasteiger partial charge in [-0.15, -0.1) is 0 Å². The Labute approximate surface area is 53.9 Å². The van der Waals surface area contributed by atoms with Gasteiger partial charge in [-0.3, -0.25) is 0 Å². The summed E-state index contributed by atoms with van der Waals surface area (Å²) in [4.78, 5) is 10.1. The van der Waals surface area contributed by atoms with Crippen LogP contribution in [0.25, 0.3) is 0 Å². The Hall–Kier alpha value is -0.410. The predicted octanol–water partition coefficient (Wildman–Crippen LogP) is -0.0108. The van der Waals surface area contributed by atoms with Crippen LogP contribution in [-0.2, 0) is 14.3 Å². The minimum atomic E-state index is -0.332. The molecule has 0 spiro atoms. The third-order valence-electron chi connectivity index (χ3n) is 1.24. The highest BCUT2D eigenvalue weighted by Crippen LogP contribution is 2.03. The van der Waals surface area contributed by atoms with Gasteiger partial charge in [0.15, 0.2) is 6.29 Å². The molecular formula is C6H10O3. The molecule has 52 valence electrons. The van der Waals surface area contributed by atoms with E-state index >= 15 is 0 Å². The zero-order valence-corrected chi connectivity index (χ0v) is 5.37. The van der Waals surface area contributed by atoms with Crippen LogP contribution in [-0.4, -0.2) is 31.7 Å². The summed E-state index contributed by atoms with van der Waals surface area (Å²) < 4.78 is 10.2.